The lowest BCUT2D eigenvalue weighted by atomic mass is 10.0. The molecule has 0 saturated carbocycles. The molecule has 19 heavy (non-hydrogen) atoms. The molecule has 0 bridgehead atoms. The van der Waals surface area contributed by atoms with Crippen LogP contribution in [-0.4, -0.2) is 4.98 Å². The van der Waals surface area contributed by atoms with Crippen LogP contribution in [0.5, 0.6) is 5.75 Å². The van der Waals surface area contributed by atoms with Gasteiger partial charge in [-0.15, -0.1) is 0 Å². The third-order valence-electron chi connectivity index (χ3n) is 3.12. The molecule has 1 aromatic heterocycles. The topological polar surface area (TPSA) is 48.1 Å². The molecule has 0 radical (unpaired) electrons. The number of nitrogens with two attached hydrogens (primary N) is 1. The van der Waals surface area contributed by atoms with Gasteiger partial charge in [0.15, 0.2) is 0 Å². The fourth-order valence-corrected chi connectivity index (χ4v) is 1.81. The van der Waals surface area contributed by atoms with Crippen LogP contribution in [0, 0.1) is 6.92 Å². The summed E-state index contributed by atoms with van der Waals surface area (Å²) in [4.78, 5) is 4.06. The van der Waals surface area contributed by atoms with Crippen LogP contribution in [0.4, 0.5) is 5.82 Å². The van der Waals surface area contributed by atoms with Crippen molar-refractivity contribution in [3.8, 4) is 5.75 Å². The van der Waals surface area contributed by atoms with E-state index in [0.29, 0.717) is 18.3 Å². The van der Waals surface area contributed by atoms with E-state index in [1.54, 1.807) is 12.3 Å². The van der Waals surface area contributed by atoms with E-state index in [1.807, 2.05) is 6.07 Å². The predicted octanol–water partition coefficient (Wildman–Crippen LogP) is 3.67. The van der Waals surface area contributed by atoms with Gasteiger partial charge in [-0.3, -0.25) is 0 Å². The van der Waals surface area contributed by atoms with Gasteiger partial charge >= 0.3 is 0 Å². The molecule has 0 aliphatic rings. The maximum Gasteiger partial charge on any atom is 0.123 e. The van der Waals surface area contributed by atoms with E-state index in [1.165, 1.54) is 5.56 Å². The first-order valence-corrected chi connectivity index (χ1v) is 6.50. The van der Waals surface area contributed by atoms with Crippen molar-refractivity contribution in [2.45, 2.75) is 33.3 Å². The number of nitrogens with zero attached hydrogens (tertiary/aromatic N) is 1. The Morgan fingerprint density at radius 3 is 2.63 bits per heavy atom. The van der Waals surface area contributed by atoms with Gasteiger partial charge in [-0.25, -0.2) is 4.98 Å². The van der Waals surface area contributed by atoms with Gasteiger partial charge in [-0.1, -0.05) is 32.0 Å². The molecule has 0 amide bonds. The fraction of sp³-hybridized carbons (Fsp3) is 0.312. The molecular formula is C16H20N2O. The summed E-state index contributed by atoms with van der Waals surface area (Å²) in [6.07, 6.45) is 1.75. The SMILES string of the molecule is Cc1ccc(C(C)C)cc1OCc1ccc(N)nc1. The highest BCUT2D eigenvalue weighted by Gasteiger charge is 2.05. The van der Waals surface area contributed by atoms with Crippen LogP contribution in [-0.2, 0) is 6.61 Å². The first-order valence-electron chi connectivity index (χ1n) is 6.50. The zero-order valence-electron chi connectivity index (χ0n) is 11.7. The van der Waals surface area contributed by atoms with Crippen LogP contribution in [0.15, 0.2) is 36.5 Å². The van der Waals surface area contributed by atoms with Crippen molar-refractivity contribution in [2.24, 2.45) is 0 Å². The third-order valence-corrected chi connectivity index (χ3v) is 3.12. The number of hydrogen-bond acceptors (Lipinski definition) is 3. The second-order valence-electron chi connectivity index (χ2n) is 5.06. The molecule has 0 spiro atoms. The Labute approximate surface area is 114 Å². The van der Waals surface area contributed by atoms with Crippen LogP contribution in [0.2, 0.25) is 0 Å². The van der Waals surface area contributed by atoms with Gasteiger partial charge in [-0.2, -0.15) is 0 Å². The largest absolute Gasteiger partial charge is 0.489 e. The smallest absolute Gasteiger partial charge is 0.123 e. The lowest BCUT2D eigenvalue weighted by Crippen LogP contribution is -2.00. The van der Waals surface area contributed by atoms with E-state index in [4.69, 9.17) is 10.5 Å². The summed E-state index contributed by atoms with van der Waals surface area (Å²) in [5, 5.41) is 0. The highest BCUT2D eigenvalue weighted by molar-refractivity contribution is 5.38. The monoisotopic (exact) mass is 256 g/mol. The summed E-state index contributed by atoms with van der Waals surface area (Å²) >= 11 is 0. The molecule has 0 saturated heterocycles. The van der Waals surface area contributed by atoms with Crippen molar-refractivity contribution in [3.63, 3.8) is 0 Å². The zero-order chi connectivity index (χ0) is 13.8. The molecule has 2 aromatic rings. The summed E-state index contributed by atoms with van der Waals surface area (Å²) in [6, 6.07) is 10.1. The minimum absolute atomic E-state index is 0.501. The van der Waals surface area contributed by atoms with Crippen LogP contribution in [0.25, 0.3) is 0 Å². The standard InChI is InChI=1S/C16H20N2O/c1-11(2)14-6-4-12(3)15(8-14)19-10-13-5-7-16(17)18-9-13/h4-9,11H,10H2,1-3H3,(H2,17,18). The fourth-order valence-electron chi connectivity index (χ4n) is 1.81. The lowest BCUT2D eigenvalue weighted by molar-refractivity contribution is 0.303. The van der Waals surface area contributed by atoms with Crippen molar-refractivity contribution in [3.05, 3.63) is 53.2 Å². The number of pyridine rings is 1. The van der Waals surface area contributed by atoms with E-state index in [-0.39, 0.29) is 0 Å². The van der Waals surface area contributed by atoms with Crippen LogP contribution in [0.1, 0.15) is 36.5 Å². The number of aromatic nitrogens is 1. The minimum Gasteiger partial charge on any atom is -0.489 e. The average molecular weight is 256 g/mol. The van der Waals surface area contributed by atoms with E-state index in [0.717, 1.165) is 16.9 Å². The second kappa shape index (κ2) is 5.74. The summed E-state index contributed by atoms with van der Waals surface area (Å²) in [5.41, 5.74) is 9.01. The Hall–Kier alpha value is -2.03. The molecule has 0 fully saturated rings. The van der Waals surface area contributed by atoms with Crippen LogP contribution < -0.4 is 10.5 Å². The van der Waals surface area contributed by atoms with Gasteiger partial charge in [0.05, 0.1) is 0 Å². The second-order valence-corrected chi connectivity index (χ2v) is 5.06. The molecule has 3 heteroatoms. The Bertz CT molecular complexity index is 547. The first kappa shape index (κ1) is 13.4. The lowest BCUT2D eigenvalue weighted by Gasteiger charge is -2.12. The quantitative estimate of drug-likeness (QED) is 0.907. The highest BCUT2D eigenvalue weighted by atomic mass is 16.5. The molecule has 2 rings (SSSR count). The van der Waals surface area contributed by atoms with Crippen LogP contribution in [0.3, 0.4) is 0 Å². The van der Waals surface area contributed by atoms with Gasteiger partial charge in [0.1, 0.15) is 18.2 Å². The Kier molecular flexibility index (Phi) is 4.05. The van der Waals surface area contributed by atoms with Gasteiger partial charge in [0.25, 0.3) is 0 Å². The summed E-state index contributed by atoms with van der Waals surface area (Å²) in [5.74, 6) is 1.96. The molecule has 1 heterocycles. The number of ether oxygens (including phenoxy) is 1. The third kappa shape index (κ3) is 3.47. The van der Waals surface area contributed by atoms with E-state index in [9.17, 15) is 0 Å². The first-order chi connectivity index (χ1) is 9.06. The average Bonchev–Trinajstić information content (AvgIpc) is 2.39. The number of hydrogen-bond donors (Lipinski definition) is 1. The Morgan fingerprint density at radius 1 is 1.21 bits per heavy atom. The summed E-state index contributed by atoms with van der Waals surface area (Å²) in [7, 11) is 0. The molecule has 0 atom stereocenters. The van der Waals surface area contributed by atoms with Crippen molar-refractivity contribution in [1.82, 2.24) is 4.98 Å². The van der Waals surface area contributed by atoms with Gasteiger partial charge in [-0.05, 0) is 36.1 Å². The molecule has 0 unspecified atom stereocenters. The predicted molar refractivity (Wildman–Crippen MR) is 78.2 cm³/mol. The summed E-state index contributed by atoms with van der Waals surface area (Å²) < 4.78 is 5.87. The number of benzene rings is 1. The van der Waals surface area contributed by atoms with E-state index in [2.05, 4.69) is 44.0 Å². The molecule has 1 aromatic carbocycles. The van der Waals surface area contributed by atoms with Gasteiger partial charge in [0, 0.05) is 11.8 Å². The molecule has 100 valence electrons. The maximum absolute atomic E-state index is 5.87. The normalized spacial score (nSPS) is 10.7. The zero-order valence-corrected chi connectivity index (χ0v) is 11.7. The van der Waals surface area contributed by atoms with Crippen LogP contribution >= 0.6 is 0 Å². The van der Waals surface area contributed by atoms with Crippen molar-refractivity contribution < 1.29 is 4.74 Å². The van der Waals surface area contributed by atoms with Gasteiger partial charge < -0.3 is 10.5 Å². The summed E-state index contributed by atoms with van der Waals surface area (Å²) in [6.45, 7) is 6.92. The van der Waals surface area contributed by atoms with E-state index < -0.39 is 0 Å². The molecule has 2 N–H and O–H groups in total. The Balaban J connectivity index is 2.10. The molecule has 0 aliphatic carbocycles. The molecule has 0 aliphatic heterocycles. The van der Waals surface area contributed by atoms with Crippen molar-refractivity contribution >= 4 is 5.82 Å². The van der Waals surface area contributed by atoms with E-state index >= 15 is 0 Å². The number of nitrogen functional groups attached to an aromatic ring is 1. The minimum atomic E-state index is 0.501. The van der Waals surface area contributed by atoms with Crippen molar-refractivity contribution in [1.29, 1.82) is 0 Å². The Morgan fingerprint density at radius 2 is 2.00 bits per heavy atom. The molecule has 3 nitrogen and oxygen atoms in total. The number of rotatable bonds is 4. The number of anilines is 1. The maximum atomic E-state index is 5.87. The number of aryl methyl sites for hydroxylation is 1. The highest BCUT2D eigenvalue weighted by Crippen LogP contribution is 2.25. The molecular weight excluding hydrogens is 236 g/mol. The van der Waals surface area contributed by atoms with Gasteiger partial charge in [0.2, 0.25) is 0 Å². The van der Waals surface area contributed by atoms with Crippen molar-refractivity contribution in [2.75, 3.05) is 5.73 Å².